The third-order valence-electron chi connectivity index (χ3n) is 3.96. The number of methoxy groups -OCH3 is 2. The fourth-order valence-corrected chi connectivity index (χ4v) is 3.48. The largest absolute Gasteiger partial charge is 0.497 e. The smallest absolute Gasteiger partial charge is 0.445 e. The summed E-state index contributed by atoms with van der Waals surface area (Å²) in [4.78, 5) is 1.84. The van der Waals surface area contributed by atoms with Crippen LogP contribution in [0.3, 0.4) is 0 Å². The van der Waals surface area contributed by atoms with E-state index in [1.54, 1.807) is 20.3 Å². The van der Waals surface area contributed by atoms with Crippen molar-refractivity contribution in [2.75, 3.05) is 32.2 Å². The number of ether oxygens (including phenoxy) is 2. The first kappa shape index (κ1) is 16.8. The highest BCUT2D eigenvalue weighted by atomic mass is 32.1. The summed E-state index contributed by atoms with van der Waals surface area (Å²) >= 11 is 0.579. The Hall–Kier alpha value is -2.03. The number of alkyl halides is 3. The quantitative estimate of drug-likeness (QED) is 0.835. The Morgan fingerprint density at radius 1 is 1.12 bits per heavy atom. The number of anilines is 1. The molecule has 3 rings (SSSR count). The van der Waals surface area contributed by atoms with Gasteiger partial charge in [-0.3, -0.25) is 0 Å². The molecule has 24 heavy (non-hydrogen) atoms. The second-order valence-corrected chi connectivity index (χ2v) is 6.42. The molecule has 9 heteroatoms. The molecule has 2 aromatic rings. The zero-order valence-corrected chi connectivity index (χ0v) is 13.9. The van der Waals surface area contributed by atoms with Gasteiger partial charge < -0.3 is 14.4 Å². The number of aromatic nitrogens is 2. The number of nitrogens with zero attached hydrogens (tertiary/aromatic N) is 3. The first-order valence-electron chi connectivity index (χ1n) is 7.29. The third kappa shape index (κ3) is 3.40. The van der Waals surface area contributed by atoms with Gasteiger partial charge in [0, 0.05) is 25.1 Å². The summed E-state index contributed by atoms with van der Waals surface area (Å²) in [6.07, 6.45) is -3.63. The first-order chi connectivity index (χ1) is 11.4. The Morgan fingerprint density at radius 3 is 2.33 bits per heavy atom. The maximum absolute atomic E-state index is 12.7. The highest BCUT2D eigenvalue weighted by Crippen LogP contribution is 2.38. The van der Waals surface area contributed by atoms with Crippen molar-refractivity contribution in [3.8, 4) is 11.5 Å². The lowest BCUT2D eigenvalue weighted by atomic mass is 9.98. The summed E-state index contributed by atoms with van der Waals surface area (Å²) in [7, 11) is 3.17. The van der Waals surface area contributed by atoms with Crippen molar-refractivity contribution in [3.63, 3.8) is 0 Å². The van der Waals surface area contributed by atoms with E-state index in [0.717, 1.165) is 12.0 Å². The van der Waals surface area contributed by atoms with E-state index in [0.29, 0.717) is 41.1 Å². The number of hydrogen-bond donors (Lipinski definition) is 0. The molecular weight excluding hydrogens is 343 g/mol. The lowest BCUT2D eigenvalue weighted by Crippen LogP contribution is -2.18. The fourth-order valence-electron chi connectivity index (χ4n) is 2.73. The number of rotatable bonds is 4. The molecule has 0 N–H and O–H groups in total. The maximum Gasteiger partial charge on any atom is 0.445 e. The van der Waals surface area contributed by atoms with Crippen LogP contribution in [-0.2, 0) is 6.18 Å². The summed E-state index contributed by atoms with van der Waals surface area (Å²) in [5.74, 6) is 1.56. The molecule has 0 radical (unpaired) electrons. The summed E-state index contributed by atoms with van der Waals surface area (Å²) in [5, 5.41) is 6.32. The van der Waals surface area contributed by atoms with E-state index in [4.69, 9.17) is 9.47 Å². The zero-order chi connectivity index (χ0) is 17.3. The van der Waals surface area contributed by atoms with Gasteiger partial charge in [-0.05, 0) is 24.1 Å². The van der Waals surface area contributed by atoms with Gasteiger partial charge in [0.25, 0.3) is 0 Å². The number of halogens is 3. The molecule has 1 fully saturated rings. The Kier molecular flexibility index (Phi) is 4.53. The van der Waals surface area contributed by atoms with E-state index in [2.05, 4.69) is 10.2 Å². The van der Waals surface area contributed by atoms with E-state index >= 15 is 0 Å². The topological polar surface area (TPSA) is 47.5 Å². The molecule has 1 atom stereocenters. The Labute approximate surface area is 141 Å². The molecule has 1 aliphatic heterocycles. The summed E-state index contributed by atoms with van der Waals surface area (Å²) in [5.41, 5.74) is 1.04. The second-order valence-electron chi connectivity index (χ2n) is 5.47. The fraction of sp³-hybridized carbons (Fsp3) is 0.467. The van der Waals surface area contributed by atoms with Gasteiger partial charge in [-0.2, -0.15) is 13.2 Å². The Balaban J connectivity index is 1.77. The molecular formula is C15H16F3N3O2S. The van der Waals surface area contributed by atoms with Crippen molar-refractivity contribution in [1.82, 2.24) is 10.2 Å². The van der Waals surface area contributed by atoms with Crippen LogP contribution in [-0.4, -0.2) is 37.5 Å². The van der Waals surface area contributed by atoms with Gasteiger partial charge in [-0.15, -0.1) is 10.2 Å². The molecule has 0 spiro atoms. The molecule has 1 saturated heterocycles. The normalized spacial score (nSPS) is 18.0. The van der Waals surface area contributed by atoms with Crippen molar-refractivity contribution in [2.45, 2.75) is 18.5 Å². The molecule has 2 heterocycles. The predicted molar refractivity (Wildman–Crippen MR) is 84.0 cm³/mol. The van der Waals surface area contributed by atoms with Gasteiger partial charge in [-0.1, -0.05) is 11.3 Å². The minimum Gasteiger partial charge on any atom is -0.497 e. The van der Waals surface area contributed by atoms with Gasteiger partial charge in [0.05, 0.1) is 14.2 Å². The minimum absolute atomic E-state index is 0.173. The Bertz CT molecular complexity index is 698. The van der Waals surface area contributed by atoms with Gasteiger partial charge in [-0.25, -0.2) is 0 Å². The zero-order valence-electron chi connectivity index (χ0n) is 13.1. The van der Waals surface area contributed by atoms with Crippen molar-refractivity contribution in [3.05, 3.63) is 28.8 Å². The molecule has 0 amide bonds. The van der Waals surface area contributed by atoms with Crippen molar-refractivity contribution in [2.24, 2.45) is 0 Å². The van der Waals surface area contributed by atoms with Crippen LogP contribution in [0.5, 0.6) is 11.5 Å². The molecule has 130 valence electrons. The van der Waals surface area contributed by atoms with Crippen LogP contribution >= 0.6 is 11.3 Å². The van der Waals surface area contributed by atoms with Gasteiger partial charge in [0.2, 0.25) is 10.1 Å². The van der Waals surface area contributed by atoms with Crippen LogP contribution in [0.25, 0.3) is 0 Å². The monoisotopic (exact) mass is 359 g/mol. The predicted octanol–water partition coefficient (Wildman–Crippen LogP) is 3.57. The van der Waals surface area contributed by atoms with E-state index in [9.17, 15) is 13.2 Å². The third-order valence-corrected chi connectivity index (χ3v) is 4.99. The van der Waals surface area contributed by atoms with Crippen LogP contribution < -0.4 is 14.4 Å². The lowest BCUT2D eigenvalue weighted by Gasteiger charge is -2.16. The minimum atomic E-state index is -4.45. The van der Waals surface area contributed by atoms with Crippen LogP contribution in [0, 0.1) is 0 Å². The average molecular weight is 359 g/mol. The standard InChI is InChI=1S/C15H16F3N3O2S/c1-22-11-5-10(6-12(7-11)23-2)9-3-4-21(8-9)14-20-19-13(24-14)15(16,17)18/h5-7,9H,3-4,8H2,1-2H3. The van der Waals surface area contributed by atoms with Gasteiger partial charge in [0.15, 0.2) is 0 Å². The summed E-state index contributed by atoms with van der Waals surface area (Å²) < 4.78 is 48.5. The van der Waals surface area contributed by atoms with Crippen molar-refractivity contribution < 1.29 is 22.6 Å². The Morgan fingerprint density at radius 2 is 1.79 bits per heavy atom. The average Bonchev–Trinajstić information content (AvgIpc) is 3.22. The SMILES string of the molecule is COc1cc(OC)cc(C2CCN(c3nnc(C(F)(F)F)s3)C2)c1. The van der Waals surface area contributed by atoms with E-state index in [-0.39, 0.29) is 5.92 Å². The van der Waals surface area contributed by atoms with E-state index in [1.807, 2.05) is 17.0 Å². The maximum atomic E-state index is 12.7. The summed E-state index contributed by atoms with van der Waals surface area (Å²) in [6.45, 7) is 1.22. The van der Waals surface area contributed by atoms with E-state index in [1.165, 1.54) is 0 Å². The molecule has 0 aliphatic carbocycles. The highest BCUT2D eigenvalue weighted by Gasteiger charge is 2.37. The van der Waals surface area contributed by atoms with Crippen LogP contribution in [0.2, 0.25) is 0 Å². The molecule has 1 aromatic carbocycles. The van der Waals surface area contributed by atoms with E-state index < -0.39 is 11.2 Å². The molecule has 1 aromatic heterocycles. The second kappa shape index (κ2) is 6.46. The number of hydrogen-bond acceptors (Lipinski definition) is 6. The molecule has 0 bridgehead atoms. The van der Waals surface area contributed by atoms with Crippen molar-refractivity contribution >= 4 is 16.5 Å². The van der Waals surface area contributed by atoms with Crippen LogP contribution in [0.15, 0.2) is 18.2 Å². The van der Waals surface area contributed by atoms with Gasteiger partial charge >= 0.3 is 6.18 Å². The molecule has 1 unspecified atom stereocenters. The highest BCUT2D eigenvalue weighted by molar-refractivity contribution is 7.15. The summed E-state index contributed by atoms with van der Waals surface area (Å²) in [6, 6.07) is 5.65. The molecule has 5 nitrogen and oxygen atoms in total. The molecule has 1 aliphatic rings. The van der Waals surface area contributed by atoms with Gasteiger partial charge in [0.1, 0.15) is 11.5 Å². The number of benzene rings is 1. The lowest BCUT2D eigenvalue weighted by molar-refractivity contribution is -0.138. The molecule has 0 saturated carbocycles. The first-order valence-corrected chi connectivity index (χ1v) is 8.11. The van der Waals surface area contributed by atoms with Crippen LogP contribution in [0.4, 0.5) is 18.3 Å². The van der Waals surface area contributed by atoms with Crippen molar-refractivity contribution in [1.29, 1.82) is 0 Å². The van der Waals surface area contributed by atoms with Crippen LogP contribution in [0.1, 0.15) is 22.9 Å².